The summed E-state index contributed by atoms with van der Waals surface area (Å²) < 4.78 is 69.2. The zero-order valence-corrected chi connectivity index (χ0v) is 18.2. The molecule has 1 N–H and O–H groups in total. The van der Waals surface area contributed by atoms with Gasteiger partial charge in [-0.15, -0.1) is 0 Å². The maximum Gasteiger partial charge on any atom is 0.416 e. The molecule has 0 aliphatic carbocycles. The van der Waals surface area contributed by atoms with E-state index in [4.69, 9.17) is 0 Å². The zero-order chi connectivity index (χ0) is 25.1. The molecule has 0 aliphatic rings. The minimum atomic E-state index is -4.64. The molecule has 1 aromatic heterocycles. The number of carbonyl (C=O) groups excluding carboxylic acids is 1. The second-order valence-electron chi connectivity index (χ2n) is 7.92. The Morgan fingerprint density at radius 2 is 1.49 bits per heavy atom. The molecule has 3 nitrogen and oxygen atoms in total. The van der Waals surface area contributed by atoms with Crippen molar-refractivity contribution in [2.75, 3.05) is 0 Å². The van der Waals surface area contributed by atoms with Crippen LogP contribution in [-0.2, 0) is 18.1 Å². The Hall–Kier alpha value is -4.07. The Labute approximate surface area is 198 Å². The van der Waals surface area contributed by atoms with Crippen LogP contribution < -0.4 is 5.32 Å². The van der Waals surface area contributed by atoms with Gasteiger partial charge in [0.2, 0.25) is 0 Å². The van der Waals surface area contributed by atoms with Crippen LogP contribution in [0.25, 0.3) is 0 Å². The van der Waals surface area contributed by atoms with E-state index in [1.54, 1.807) is 48.5 Å². The van der Waals surface area contributed by atoms with Gasteiger partial charge in [0.25, 0.3) is 5.91 Å². The van der Waals surface area contributed by atoms with Crippen molar-refractivity contribution in [3.05, 3.63) is 137 Å². The van der Waals surface area contributed by atoms with Crippen LogP contribution in [0.1, 0.15) is 32.7 Å². The van der Waals surface area contributed by atoms with E-state index in [1.807, 2.05) is 0 Å². The van der Waals surface area contributed by atoms with Gasteiger partial charge in [-0.3, -0.25) is 9.78 Å². The number of benzene rings is 3. The lowest BCUT2D eigenvalue weighted by Gasteiger charge is -2.36. The van der Waals surface area contributed by atoms with Crippen LogP contribution in [0.2, 0.25) is 0 Å². The third-order valence-electron chi connectivity index (χ3n) is 5.62. The normalized spacial score (nSPS) is 13.2. The minimum Gasteiger partial charge on any atom is -0.336 e. The van der Waals surface area contributed by atoms with E-state index in [0.717, 1.165) is 24.3 Å². The topological polar surface area (TPSA) is 42.0 Å². The predicted molar refractivity (Wildman–Crippen MR) is 120 cm³/mol. The fourth-order valence-electron chi connectivity index (χ4n) is 3.94. The van der Waals surface area contributed by atoms with Crippen LogP contribution in [-0.4, -0.2) is 10.9 Å². The zero-order valence-electron chi connectivity index (χ0n) is 18.2. The van der Waals surface area contributed by atoms with Crippen LogP contribution in [0.5, 0.6) is 0 Å². The molecule has 1 amide bonds. The molecule has 1 unspecified atom stereocenters. The Kier molecular flexibility index (Phi) is 6.64. The third kappa shape index (κ3) is 5.06. The molecular weight excluding hydrogens is 463 g/mol. The molecule has 4 rings (SSSR count). The molecule has 1 atom stereocenters. The van der Waals surface area contributed by atoms with Gasteiger partial charge in [0.15, 0.2) is 11.6 Å². The maximum absolute atomic E-state index is 14.5. The molecular formula is C27H19F5N2O. The number of halogens is 5. The van der Waals surface area contributed by atoms with Gasteiger partial charge in [-0.1, -0.05) is 54.6 Å². The number of nitrogens with zero attached hydrogens (tertiary/aromatic N) is 1. The highest BCUT2D eigenvalue weighted by atomic mass is 19.4. The highest BCUT2D eigenvalue weighted by molar-refractivity contribution is 5.95. The third-order valence-corrected chi connectivity index (χ3v) is 5.62. The molecule has 4 aromatic rings. The first-order valence-corrected chi connectivity index (χ1v) is 10.6. The lowest BCUT2D eigenvalue weighted by Crippen LogP contribution is -2.49. The molecule has 1 heterocycles. The number of nitrogens with one attached hydrogen (secondary N) is 1. The number of pyridine rings is 1. The van der Waals surface area contributed by atoms with Crippen molar-refractivity contribution in [2.24, 2.45) is 0 Å². The van der Waals surface area contributed by atoms with E-state index < -0.39 is 40.4 Å². The lowest BCUT2D eigenvalue weighted by molar-refractivity contribution is -0.137. The number of rotatable bonds is 6. The van der Waals surface area contributed by atoms with Gasteiger partial charge in [-0.2, -0.15) is 13.2 Å². The van der Waals surface area contributed by atoms with Crippen LogP contribution >= 0.6 is 0 Å². The van der Waals surface area contributed by atoms with Gasteiger partial charge in [0.05, 0.1) is 16.8 Å². The number of alkyl halides is 3. The van der Waals surface area contributed by atoms with Crippen molar-refractivity contribution in [2.45, 2.75) is 18.1 Å². The number of hydrogen-bond donors (Lipinski definition) is 1. The lowest BCUT2D eigenvalue weighted by atomic mass is 9.79. The average Bonchev–Trinajstić information content (AvgIpc) is 2.86. The standard InChI is InChI=1S/C27H19F5N2O/c28-22-13-7-12-21(24(22)29)25(35)34-26(23-14-4-5-15-33-23,17-18-8-2-1-3-9-18)19-10-6-11-20(16-19)27(30,31)32/h1-16H,17H2,(H,34,35). The molecule has 178 valence electrons. The molecule has 3 aromatic carbocycles. The number of hydrogen-bond acceptors (Lipinski definition) is 2. The number of amides is 1. The van der Waals surface area contributed by atoms with Crippen molar-refractivity contribution < 1.29 is 26.7 Å². The molecule has 0 saturated carbocycles. The van der Waals surface area contributed by atoms with Crippen molar-refractivity contribution in [3.8, 4) is 0 Å². The largest absolute Gasteiger partial charge is 0.416 e. The van der Waals surface area contributed by atoms with E-state index >= 15 is 0 Å². The molecule has 35 heavy (non-hydrogen) atoms. The Morgan fingerprint density at radius 3 is 2.17 bits per heavy atom. The second kappa shape index (κ2) is 9.66. The monoisotopic (exact) mass is 482 g/mol. The number of carbonyl (C=O) groups is 1. The van der Waals surface area contributed by atoms with Gasteiger partial charge in [0, 0.05) is 12.6 Å². The summed E-state index contributed by atoms with van der Waals surface area (Å²) in [5.74, 6) is -3.58. The van der Waals surface area contributed by atoms with E-state index in [0.29, 0.717) is 5.56 Å². The van der Waals surface area contributed by atoms with E-state index in [-0.39, 0.29) is 17.7 Å². The molecule has 8 heteroatoms. The first-order chi connectivity index (χ1) is 16.7. The maximum atomic E-state index is 14.5. The van der Waals surface area contributed by atoms with Crippen molar-refractivity contribution in [1.82, 2.24) is 10.3 Å². The highest BCUT2D eigenvalue weighted by Crippen LogP contribution is 2.37. The Morgan fingerprint density at radius 1 is 0.800 bits per heavy atom. The Balaban J connectivity index is 1.95. The minimum absolute atomic E-state index is 0.00512. The van der Waals surface area contributed by atoms with Crippen LogP contribution in [0.4, 0.5) is 22.0 Å². The molecule has 0 radical (unpaired) electrons. The van der Waals surface area contributed by atoms with Crippen molar-refractivity contribution in [1.29, 1.82) is 0 Å². The summed E-state index contributed by atoms with van der Waals surface area (Å²) in [5.41, 5.74) is -2.15. The highest BCUT2D eigenvalue weighted by Gasteiger charge is 2.40. The average molecular weight is 482 g/mol. The summed E-state index contributed by atoms with van der Waals surface area (Å²) in [7, 11) is 0. The van der Waals surface area contributed by atoms with Gasteiger partial charge in [-0.25, -0.2) is 8.78 Å². The fourth-order valence-corrected chi connectivity index (χ4v) is 3.94. The first-order valence-electron chi connectivity index (χ1n) is 10.6. The van der Waals surface area contributed by atoms with Crippen LogP contribution in [0.3, 0.4) is 0 Å². The predicted octanol–water partition coefficient (Wildman–Crippen LogP) is 6.29. The Bertz CT molecular complexity index is 1330. The summed E-state index contributed by atoms with van der Waals surface area (Å²) in [6.07, 6.45) is -3.20. The molecule has 0 aliphatic heterocycles. The van der Waals surface area contributed by atoms with Gasteiger partial charge < -0.3 is 5.32 Å². The molecule has 0 spiro atoms. The molecule has 0 saturated heterocycles. The van der Waals surface area contributed by atoms with Gasteiger partial charge >= 0.3 is 6.18 Å². The first kappa shape index (κ1) is 24.1. The van der Waals surface area contributed by atoms with Gasteiger partial charge in [0.1, 0.15) is 5.54 Å². The summed E-state index contributed by atoms with van der Waals surface area (Å²) in [6.45, 7) is 0. The van der Waals surface area contributed by atoms with Gasteiger partial charge in [-0.05, 0) is 47.5 Å². The quantitative estimate of drug-likeness (QED) is 0.328. The SMILES string of the molecule is O=C(NC(Cc1ccccc1)(c1cccc(C(F)(F)F)c1)c1ccccn1)c1cccc(F)c1F. The van der Waals surface area contributed by atoms with Crippen LogP contribution in [0.15, 0.2) is 97.2 Å². The van der Waals surface area contributed by atoms with Crippen LogP contribution in [0, 0.1) is 11.6 Å². The van der Waals surface area contributed by atoms with Crippen molar-refractivity contribution >= 4 is 5.91 Å². The second-order valence-corrected chi connectivity index (χ2v) is 7.92. The summed E-state index contributed by atoms with van der Waals surface area (Å²) in [4.78, 5) is 17.6. The molecule has 0 bridgehead atoms. The summed E-state index contributed by atoms with van der Waals surface area (Å²) in [6, 6.07) is 21.3. The fraction of sp³-hybridized carbons (Fsp3) is 0.111. The van der Waals surface area contributed by atoms with E-state index in [2.05, 4.69) is 10.3 Å². The summed E-state index contributed by atoms with van der Waals surface area (Å²) >= 11 is 0. The van der Waals surface area contributed by atoms with Crippen molar-refractivity contribution in [3.63, 3.8) is 0 Å². The van der Waals surface area contributed by atoms with E-state index in [1.165, 1.54) is 24.4 Å². The van der Waals surface area contributed by atoms with E-state index in [9.17, 15) is 26.7 Å². The summed E-state index contributed by atoms with van der Waals surface area (Å²) in [5, 5.41) is 2.70. The molecule has 0 fully saturated rings. The smallest absolute Gasteiger partial charge is 0.336 e. The number of aromatic nitrogens is 1.